The van der Waals surface area contributed by atoms with Crippen LogP contribution in [0.15, 0.2) is 29.1 Å². The molecule has 0 aliphatic carbocycles. The first-order valence-electron chi connectivity index (χ1n) is 8.87. The molecule has 0 amide bonds. The fourth-order valence-corrected chi connectivity index (χ4v) is 3.25. The summed E-state index contributed by atoms with van der Waals surface area (Å²) in [4.78, 5) is 31.6. The fraction of sp³-hybridized carbons (Fsp3) is 0.300. The summed E-state index contributed by atoms with van der Waals surface area (Å²) < 4.78 is 0. The Bertz CT molecular complexity index is 1070. The number of rotatable bonds is 6. The maximum Gasteiger partial charge on any atom is 0.345 e. The van der Waals surface area contributed by atoms with Gasteiger partial charge in [-0.25, -0.2) is 4.79 Å². The lowest BCUT2D eigenvalue weighted by Crippen LogP contribution is -2.20. The fourth-order valence-electron chi connectivity index (χ4n) is 3.25. The summed E-state index contributed by atoms with van der Waals surface area (Å²) >= 11 is 0. The SMILES string of the molecule is CCc1c(-c2ccc3cc(CN(C)CC)[nH]c3c2)[nH]c(=O)c(C(=O)O)c1O. The molecule has 0 fully saturated rings. The molecule has 0 spiro atoms. The average molecular weight is 369 g/mol. The summed E-state index contributed by atoms with van der Waals surface area (Å²) in [5.41, 5.74) is 2.11. The van der Waals surface area contributed by atoms with Crippen LogP contribution < -0.4 is 5.56 Å². The zero-order chi connectivity index (χ0) is 19.7. The highest BCUT2D eigenvalue weighted by Gasteiger charge is 2.22. The van der Waals surface area contributed by atoms with Crippen LogP contribution in [0.5, 0.6) is 5.75 Å². The molecule has 1 aromatic carbocycles. The van der Waals surface area contributed by atoms with Crippen molar-refractivity contribution in [3.05, 3.63) is 51.4 Å². The monoisotopic (exact) mass is 369 g/mol. The van der Waals surface area contributed by atoms with Gasteiger partial charge in [0.05, 0.1) is 5.69 Å². The summed E-state index contributed by atoms with van der Waals surface area (Å²) in [5.74, 6) is -1.92. The van der Waals surface area contributed by atoms with Crippen molar-refractivity contribution in [3.63, 3.8) is 0 Å². The van der Waals surface area contributed by atoms with Crippen LogP contribution in [0.2, 0.25) is 0 Å². The van der Waals surface area contributed by atoms with Gasteiger partial charge in [-0.05, 0) is 37.5 Å². The molecule has 0 aliphatic heterocycles. The van der Waals surface area contributed by atoms with Gasteiger partial charge in [0.25, 0.3) is 5.56 Å². The van der Waals surface area contributed by atoms with E-state index in [1.165, 1.54) is 0 Å². The van der Waals surface area contributed by atoms with Gasteiger partial charge in [-0.2, -0.15) is 0 Å². The van der Waals surface area contributed by atoms with E-state index in [0.717, 1.165) is 29.7 Å². The van der Waals surface area contributed by atoms with Gasteiger partial charge >= 0.3 is 5.97 Å². The lowest BCUT2D eigenvalue weighted by Gasteiger charge is -2.12. The minimum Gasteiger partial charge on any atom is -0.506 e. The number of benzene rings is 1. The Kier molecular flexibility index (Phi) is 5.05. The smallest absolute Gasteiger partial charge is 0.345 e. The Hall–Kier alpha value is -3.06. The van der Waals surface area contributed by atoms with Crippen LogP contribution in [0.1, 0.15) is 35.5 Å². The van der Waals surface area contributed by atoms with E-state index in [4.69, 9.17) is 0 Å². The van der Waals surface area contributed by atoms with Gasteiger partial charge in [0.1, 0.15) is 5.75 Å². The third-order valence-corrected chi connectivity index (χ3v) is 4.80. The van der Waals surface area contributed by atoms with Gasteiger partial charge < -0.3 is 25.1 Å². The first-order valence-corrected chi connectivity index (χ1v) is 8.87. The largest absolute Gasteiger partial charge is 0.506 e. The van der Waals surface area contributed by atoms with Crippen LogP contribution in [0.25, 0.3) is 22.2 Å². The third-order valence-electron chi connectivity index (χ3n) is 4.80. The lowest BCUT2D eigenvalue weighted by atomic mass is 10.00. The summed E-state index contributed by atoms with van der Waals surface area (Å²) in [6.07, 6.45) is 0.382. The van der Waals surface area contributed by atoms with Gasteiger partial charge in [0.2, 0.25) is 0 Å². The molecule has 2 heterocycles. The predicted molar refractivity (Wildman–Crippen MR) is 104 cm³/mol. The van der Waals surface area contributed by atoms with Gasteiger partial charge in [0.15, 0.2) is 5.56 Å². The van der Waals surface area contributed by atoms with Crippen molar-refractivity contribution in [2.24, 2.45) is 0 Å². The number of aromatic hydroxyl groups is 1. The number of carboxylic acids is 1. The highest BCUT2D eigenvalue weighted by atomic mass is 16.4. The molecular weight excluding hydrogens is 346 g/mol. The molecule has 3 rings (SSSR count). The first-order chi connectivity index (χ1) is 12.8. The molecule has 0 saturated heterocycles. The number of carbonyl (C=O) groups is 1. The number of nitrogens with one attached hydrogen (secondary N) is 2. The van der Waals surface area contributed by atoms with Gasteiger partial charge in [-0.1, -0.05) is 26.0 Å². The van der Waals surface area contributed by atoms with E-state index in [0.29, 0.717) is 23.2 Å². The number of hydrogen-bond donors (Lipinski definition) is 4. The molecule has 4 N–H and O–H groups in total. The Morgan fingerprint density at radius 3 is 2.56 bits per heavy atom. The van der Waals surface area contributed by atoms with Crippen molar-refractivity contribution in [2.45, 2.75) is 26.8 Å². The molecule has 7 nitrogen and oxygen atoms in total. The van der Waals surface area contributed by atoms with E-state index in [2.05, 4.69) is 27.9 Å². The van der Waals surface area contributed by atoms with Gasteiger partial charge in [0, 0.05) is 28.9 Å². The minimum absolute atomic E-state index is 0.382. The number of aromatic nitrogens is 2. The Labute approximate surface area is 156 Å². The lowest BCUT2D eigenvalue weighted by molar-refractivity contribution is 0.0691. The molecule has 142 valence electrons. The van der Waals surface area contributed by atoms with E-state index < -0.39 is 22.8 Å². The first kappa shape index (κ1) is 18.7. The second kappa shape index (κ2) is 7.28. The molecule has 0 radical (unpaired) electrons. The molecule has 27 heavy (non-hydrogen) atoms. The van der Waals surface area contributed by atoms with Crippen molar-refractivity contribution in [2.75, 3.05) is 13.6 Å². The zero-order valence-corrected chi connectivity index (χ0v) is 15.6. The Balaban J connectivity index is 2.12. The Morgan fingerprint density at radius 2 is 1.93 bits per heavy atom. The standard InChI is InChI=1S/C20H23N3O4/c1-4-14-17(22-19(25)16(18(14)24)20(26)27)12-7-6-11-8-13(10-23(3)5-2)21-15(11)9-12/h6-9,21H,4-5,10H2,1-3H3,(H,26,27)(H2,22,24,25). The van der Waals surface area contributed by atoms with Gasteiger partial charge in [-0.3, -0.25) is 4.79 Å². The maximum atomic E-state index is 12.2. The van der Waals surface area contributed by atoms with Crippen molar-refractivity contribution < 1.29 is 15.0 Å². The number of nitrogens with zero attached hydrogens (tertiary/aromatic N) is 1. The topological polar surface area (TPSA) is 109 Å². The number of hydrogen-bond acceptors (Lipinski definition) is 4. The Morgan fingerprint density at radius 1 is 1.19 bits per heavy atom. The zero-order valence-electron chi connectivity index (χ0n) is 15.6. The summed E-state index contributed by atoms with van der Waals surface area (Å²) in [6, 6.07) is 7.78. The second-order valence-corrected chi connectivity index (χ2v) is 6.62. The van der Waals surface area contributed by atoms with Crippen LogP contribution in [-0.2, 0) is 13.0 Å². The maximum absolute atomic E-state index is 12.2. The van der Waals surface area contributed by atoms with Crippen molar-refractivity contribution in [1.29, 1.82) is 0 Å². The minimum atomic E-state index is -1.44. The number of carboxylic acid groups (broad SMARTS) is 1. The average Bonchev–Trinajstić information content (AvgIpc) is 3.02. The highest BCUT2D eigenvalue weighted by Crippen LogP contribution is 2.31. The highest BCUT2D eigenvalue weighted by molar-refractivity contribution is 5.92. The van der Waals surface area contributed by atoms with Crippen LogP contribution in [0, 0.1) is 0 Å². The van der Waals surface area contributed by atoms with E-state index in [-0.39, 0.29) is 0 Å². The summed E-state index contributed by atoms with van der Waals surface area (Å²) in [6.45, 7) is 5.63. The molecule has 3 aromatic rings. The molecular formula is C20H23N3O4. The van der Waals surface area contributed by atoms with E-state index in [9.17, 15) is 19.8 Å². The van der Waals surface area contributed by atoms with E-state index in [1.807, 2.05) is 25.2 Å². The molecule has 0 aliphatic rings. The number of pyridine rings is 1. The van der Waals surface area contributed by atoms with Crippen LogP contribution in [0.4, 0.5) is 0 Å². The van der Waals surface area contributed by atoms with E-state index >= 15 is 0 Å². The molecule has 0 atom stereocenters. The third kappa shape index (κ3) is 3.46. The predicted octanol–water partition coefficient (Wildman–Crippen LogP) is 2.94. The number of H-pyrrole nitrogens is 2. The number of aromatic amines is 2. The van der Waals surface area contributed by atoms with Crippen molar-refractivity contribution in [1.82, 2.24) is 14.9 Å². The van der Waals surface area contributed by atoms with E-state index in [1.54, 1.807) is 6.92 Å². The molecule has 0 unspecified atom stereocenters. The molecule has 7 heteroatoms. The molecule has 2 aromatic heterocycles. The van der Waals surface area contributed by atoms with Crippen molar-refractivity contribution in [3.8, 4) is 17.0 Å². The van der Waals surface area contributed by atoms with Crippen molar-refractivity contribution >= 4 is 16.9 Å². The summed E-state index contributed by atoms with van der Waals surface area (Å²) in [7, 11) is 2.04. The van der Waals surface area contributed by atoms with Gasteiger partial charge in [-0.15, -0.1) is 0 Å². The molecule has 0 saturated carbocycles. The van der Waals surface area contributed by atoms with Crippen LogP contribution in [-0.4, -0.2) is 44.6 Å². The quantitative estimate of drug-likeness (QED) is 0.534. The molecule has 0 bridgehead atoms. The van der Waals surface area contributed by atoms with Crippen LogP contribution >= 0.6 is 0 Å². The number of aromatic carboxylic acids is 1. The normalized spacial score (nSPS) is 11.4. The summed E-state index contributed by atoms with van der Waals surface area (Å²) in [5, 5.41) is 20.5. The second-order valence-electron chi connectivity index (χ2n) is 6.62. The number of fused-ring (bicyclic) bond motifs is 1. The van der Waals surface area contributed by atoms with Crippen LogP contribution in [0.3, 0.4) is 0 Å².